The van der Waals surface area contributed by atoms with E-state index in [1.807, 2.05) is 13.8 Å². The zero-order valence-electron chi connectivity index (χ0n) is 10.5. The third-order valence-electron chi connectivity index (χ3n) is 3.01. The highest BCUT2D eigenvalue weighted by atomic mass is 19.1. The first-order valence-electron chi connectivity index (χ1n) is 5.83. The van der Waals surface area contributed by atoms with Crippen LogP contribution in [-0.4, -0.2) is 43.7 Å². The second kappa shape index (κ2) is 5.55. The van der Waals surface area contributed by atoms with E-state index in [0.717, 1.165) is 0 Å². The molecular formula is C11H20FN3O2. The zero-order chi connectivity index (χ0) is 13.1. The molecule has 2 amide bonds. The van der Waals surface area contributed by atoms with Crippen molar-refractivity contribution in [2.75, 3.05) is 20.1 Å². The Hall–Kier alpha value is -1.01. The lowest BCUT2D eigenvalue weighted by Crippen LogP contribution is -2.53. The second-order valence-electron chi connectivity index (χ2n) is 4.72. The number of likely N-dealkylation sites (N-methyl/N-ethyl adjacent to an activating group) is 1. The van der Waals surface area contributed by atoms with Crippen molar-refractivity contribution in [3.63, 3.8) is 0 Å². The van der Waals surface area contributed by atoms with Gasteiger partial charge in [-0.3, -0.25) is 14.9 Å². The van der Waals surface area contributed by atoms with Crippen molar-refractivity contribution in [3.05, 3.63) is 0 Å². The van der Waals surface area contributed by atoms with Gasteiger partial charge in [0.15, 0.2) is 0 Å². The summed E-state index contributed by atoms with van der Waals surface area (Å²) in [5, 5.41) is 7.72. The van der Waals surface area contributed by atoms with E-state index in [0.29, 0.717) is 6.54 Å². The van der Waals surface area contributed by atoms with E-state index in [1.54, 1.807) is 7.05 Å². The summed E-state index contributed by atoms with van der Waals surface area (Å²) in [5.41, 5.74) is -1.95. The molecule has 5 nitrogen and oxygen atoms in total. The number of amides is 2. The number of alkyl halides is 1. The molecule has 0 radical (unpaired) electrons. The fourth-order valence-electron chi connectivity index (χ4n) is 1.92. The summed E-state index contributed by atoms with van der Waals surface area (Å²) in [4.78, 5) is 23.4. The average molecular weight is 245 g/mol. The third kappa shape index (κ3) is 3.23. The molecule has 1 aliphatic rings. The largest absolute Gasteiger partial charge is 0.313 e. The summed E-state index contributed by atoms with van der Waals surface area (Å²) in [6.07, 6.45) is 0.109. The fraction of sp³-hybridized carbons (Fsp3) is 0.818. The Morgan fingerprint density at radius 3 is 2.47 bits per heavy atom. The number of hydrogen-bond acceptors (Lipinski definition) is 4. The van der Waals surface area contributed by atoms with E-state index < -0.39 is 23.5 Å². The molecule has 0 aromatic heterocycles. The Kier molecular flexibility index (Phi) is 4.59. The maximum Gasteiger partial charge on any atom is 0.265 e. The topological polar surface area (TPSA) is 70.2 Å². The number of imide groups is 1. The summed E-state index contributed by atoms with van der Waals surface area (Å²) in [5.74, 6) is -1.28. The molecule has 0 aromatic carbocycles. The zero-order valence-corrected chi connectivity index (χ0v) is 10.5. The van der Waals surface area contributed by atoms with E-state index in [9.17, 15) is 14.0 Å². The van der Waals surface area contributed by atoms with Gasteiger partial charge >= 0.3 is 0 Å². The highest BCUT2D eigenvalue weighted by molar-refractivity contribution is 6.01. The van der Waals surface area contributed by atoms with Crippen LogP contribution in [0.3, 0.4) is 0 Å². The SMILES string of the molecule is CN[C@H](C(=O)NC(=O)[C@@]1(F)CCNC1)C(C)C. The van der Waals surface area contributed by atoms with Gasteiger partial charge in [0, 0.05) is 13.0 Å². The van der Waals surface area contributed by atoms with E-state index in [1.165, 1.54) is 0 Å². The van der Waals surface area contributed by atoms with Gasteiger partial charge in [-0.05, 0) is 19.5 Å². The van der Waals surface area contributed by atoms with E-state index >= 15 is 0 Å². The molecule has 1 fully saturated rings. The smallest absolute Gasteiger partial charge is 0.265 e. The summed E-state index contributed by atoms with van der Waals surface area (Å²) < 4.78 is 14.0. The first-order chi connectivity index (χ1) is 7.90. The summed E-state index contributed by atoms with van der Waals surface area (Å²) in [6.45, 7) is 4.14. The Balaban J connectivity index is 2.59. The number of carbonyl (C=O) groups excluding carboxylic acids is 2. The molecule has 0 aromatic rings. The number of rotatable bonds is 4. The molecule has 2 atom stereocenters. The molecule has 1 saturated heterocycles. The van der Waals surface area contributed by atoms with Gasteiger partial charge in [-0.25, -0.2) is 4.39 Å². The summed E-state index contributed by atoms with van der Waals surface area (Å²) in [7, 11) is 1.64. The fourth-order valence-corrected chi connectivity index (χ4v) is 1.92. The summed E-state index contributed by atoms with van der Waals surface area (Å²) >= 11 is 0. The van der Waals surface area contributed by atoms with Crippen molar-refractivity contribution >= 4 is 11.8 Å². The molecule has 1 heterocycles. The molecule has 17 heavy (non-hydrogen) atoms. The van der Waals surface area contributed by atoms with Gasteiger partial charge in [-0.1, -0.05) is 13.8 Å². The second-order valence-corrected chi connectivity index (χ2v) is 4.72. The van der Waals surface area contributed by atoms with E-state index in [-0.39, 0.29) is 18.9 Å². The number of hydrogen-bond donors (Lipinski definition) is 3. The normalized spacial score (nSPS) is 25.9. The monoisotopic (exact) mass is 245 g/mol. The van der Waals surface area contributed by atoms with Crippen LogP contribution in [0.25, 0.3) is 0 Å². The quantitative estimate of drug-likeness (QED) is 0.629. The first-order valence-corrected chi connectivity index (χ1v) is 5.83. The Morgan fingerprint density at radius 2 is 2.06 bits per heavy atom. The maximum atomic E-state index is 14.0. The number of carbonyl (C=O) groups is 2. The first kappa shape index (κ1) is 14.1. The molecule has 6 heteroatoms. The van der Waals surface area contributed by atoms with Gasteiger partial charge < -0.3 is 10.6 Å². The van der Waals surface area contributed by atoms with Crippen molar-refractivity contribution in [2.24, 2.45) is 5.92 Å². The van der Waals surface area contributed by atoms with Crippen LogP contribution >= 0.6 is 0 Å². The number of nitrogens with one attached hydrogen (secondary N) is 3. The molecular weight excluding hydrogens is 225 g/mol. The molecule has 98 valence electrons. The van der Waals surface area contributed by atoms with E-state index in [2.05, 4.69) is 16.0 Å². The highest BCUT2D eigenvalue weighted by Gasteiger charge is 2.42. The van der Waals surface area contributed by atoms with Crippen LogP contribution in [0.4, 0.5) is 4.39 Å². The predicted molar refractivity (Wildman–Crippen MR) is 62.2 cm³/mol. The molecule has 0 bridgehead atoms. The van der Waals surface area contributed by atoms with Crippen LogP contribution in [0.15, 0.2) is 0 Å². The van der Waals surface area contributed by atoms with Crippen LogP contribution in [0.5, 0.6) is 0 Å². The van der Waals surface area contributed by atoms with Gasteiger partial charge in [-0.2, -0.15) is 0 Å². The lowest BCUT2D eigenvalue weighted by molar-refractivity contribution is -0.138. The molecule has 0 saturated carbocycles. The van der Waals surface area contributed by atoms with Gasteiger partial charge in [0.1, 0.15) is 0 Å². The lowest BCUT2D eigenvalue weighted by Gasteiger charge is -2.22. The van der Waals surface area contributed by atoms with Crippen LogP contribution in [0.1, 0.15) is 20.3 Å². The van der Waals surface area contributed by atoms with Crippen LogP contribution < -0.4 is 16.0 Å². The Bertz CT molecular complexity index is 301. The Morgan fingerprint density at radius 1 is 1.41 bits per heavy atom. The standard InChI is InChI=1S/C11H20FN3O2/c1-7(2)8(13-3)9(16)15-10(17)11(12)4-5-14-6-11/h7-8,13-14H,4-6H2,1-3H3,(H,15,16,17)/t8-,11+/m0/s1. The van der Waals surface area contributed by atoms with Gasteiger partial charge in [0.25, 0.3) is 5.91 Å². The minimum Gasteiger partial charge on any atom is -0.313 e. The van der Waals surface area contributed by atoms with Crippen molar-refractivity contribution in [1.82, 2.24) is 16.0 Å². The minimum absolute atomic E-state index is 0.0297. The van der Waals surface area contributed by atoms with Crippen molar-refractivity contribution in [1.29, 1.82) is 0 Å². The van der Waals surface area contributed by atoms with Crippen molar-refractivity contribution in [3.8, 4) is 0 Å². The summed E-state index contributed by atoms with van der Waals surface area (Å²) in [6, 6.07) is -0.489. The molecule has 1 rings (SSSR count). The highest BCUT2D eigenvalue weighted by Crippen LogP contribution is 2.19. The third-order valence-corrected chi connectivity index (χ3v) is 3.01. The predicted octanol–water partition coefficient (Wildman–Crippen LogP) is -0.425. The number of halogens is 1. The molecule has 0 aliphatic carbocycles. The molecule has 1 aliphatic heterocycles. The van der Waals surface area contributed by atoms with Gasteiger partial charge in [0.05, 0.1) is 6.04 Å². The van der Waals surface area contributed by atoms with Crippen LogP contribution in [0.2, 0.25) is 0 Å². The maximum absolute atomic E-state index is 14.0. The van der Waals surface area contributed by atoms with Crippen molar-refractivity contribution in [2.45, 2.75) is 32.0 Å². The Labute approximate surface area is 101 Å². The average Bonchev–Trinajstić information content (AvgIpc) is 2.66. The lowest BCUT2D eigenvalue weighted by atomic mass is 10.0. The molecule has 0 unspecified atom stereocenters. The van der Waals surface area contributed by atoms with Crippen LogP contribution in [-0.2, 0) is 9.59 Å². The van der Waals surface area contributed by atoms with Crippen LogP contribution in [0, 0.1) is 5.92 Å². The minimum atomic E-state index is -1.95. The van der Waals surface area contributed by atoms with Crippen molar-refractivity contribution < 1.29 is 14.0 Å². The van der Waals surface area contributed by atoms with Gasteiger partial charge in [-0.15, -0.1) is 0 Å². The van der Waals surface area contributed by atoms with Gasteiger partial charge in [0.2, 0.25) is 11.6 Å². The molecule has 3 N–H and O–H groups in total. The molecule has 0 spiro atoms. The van der Waals surface area contributed by atoms with E-state index in [4.69, 9.17) is 0 Å².